The number of anilines is 1. The molecule has 2 aromatic carbocycles. The minimum absolute atomic E-state index is 0.105. The predicted octanol–water partition coefficient (Wildman–Crippen LogP) is 4.74. The van der Waals surface area contributed by atoms with Crippen molar-refractivity contribution in [3.63, 3.8) is 0 Å². The molecular weight excluding hydrogens is 385 g/mol. The number of benzene rings is 2. The molecule has 0 saturated carbocycles. The summed E-state index contributed by atoms with van der Waals surface area (Å²) in [7, 11) is 1.30. The molecule has 0 fully saturated rings. The van der Waals surface area contributed by atoms with E-state index in [4.69, 9.17) is 4.74 Å². The number of amides is 1. The second-order valence-electron chi connectivity index (χ2n) is 5.42. The van der Waals surface area contributed by atoms with Gasteiger partial charge in [0.15, 0.2) is 0 Å². The molecule has 0 spiro atoms. The molecule has 6 nitrogen and oxygen atoms in total. The SMILES string of the molecule is COc1cc([N+](=O)[O-])ccc1NC(=O)[C@@H](C)Sc1cccc(C(F)(F)F)c1. The third kappa shape index (κ3) is 5.36. The van der Waals surface area contributed by atoms with Crippen molar-refractivity contribution in [3.8, 4) is 5.75 Å². The number of ether oxygens (including phenoxy) is 1. The Morgan fingerprint density at radius 2 is 1.96 bits per heavy atom. The van der Waals surface area contributed by atoms with Crippen LogP contribution in [0.1, 0.15) is 12.5 Å². The quantitative estimate of drug-likeness (QED) is 0.430. The molecule has 1 N–H and O–H groups in total. The number of halogens is 3. The first kappa shape index (κ1) is 20.6. The lowest BCUT2D eigenvalue weighted by atomic mass is 10.2. The molecule has 0 aliphatic heterocycles. The van der Waals surface area contributed by atoms with Crippen LogP contribution in [0.15, 0.2) is 47.4 Å². The van der Waals surface area contributed by atoms with E-state index in [2.05, 4.69) is 5.32 Å². The molecule has 27 heavy (non-hydrogen) atoms. The summed E-state index contributed by atoms with van der Waals surface area (Å²) in [6, 6.07) is 8.39. The first-order valence-corrected chi connectivity index (χ1v) is 8.47. The van der Waals surface area contributed by atoms with Crippen LogP contribution >= 0.6 is 11.8 Å². The van der Waals surface area contributed by atoms with Gasteiger partial charge in [0.05, 0.1) is 34.6 Å². The van der Waals surface area contributed by atoms with Crippen LogP contribution < -0.4 is 10.1 Å². The van der Waals surface area contributed by atoms with E-state index in [1.165, 1.54) is 44.4 Å². The van der Waals surface area contributed by atoms with Crippen LogP contribution in [0.25, 0.3) is 0 Å². The van der Waals surface area contributed by atoms with Crippen LogP contribution in [-0.4, -0.2) is 23.2 Å². The molecule has 144 valence electrons. The minimum atomic E-state index is -4.46. The number of carbonyl (C=O) groups is 1. The van der Waals surface area contributed by atoms with Crippen LogP contribution in [0.3, 0.4) is 0 Å². The number of non-ortho nitro benzene ring substituents is 1. The van der Waals surface area contributed by atoms with Gasteiger partial charge in [-0.2, -0.15) is 13.2 Å². The first-order valence-electron chi connectivity index (χ1n) is 7.59. The normalized spacial score (nSPS) is 12.3. The van der Waals surface area contributed by atoms with Crippen molar-refractivity contribution in [1.29, 1.82) is 0 Å². The van der Waals surface area contributed by atoms with Crippen molar-refractivity contribution in [1.82, 2.24) is 0 Å². The summed E-state index contributed by atoms with van der Waals surface area (Å²) in [6.07, 6.45) is -4.46. The van der Waals surface area contributed by atoms with Gasteiger partial charge in [0, 0.05) is 11.0 Å². The van der Waals surface area contributed by atoms with Gasteiger partial charge in [-0.3, -0.25) is 14.9 Å². The Bertz CT molecular complexity index is 858. The highest BCUT2D eigenvalue weighted by Gasteiger charge is 2.30. The van der Waals surface area contributed by atoms with E-state index in [-0.39, 0.29) is 17.1 Å². The largest absolute Gasteiger partial charge is 0.494 e. The summed E-state index contributed by atoms with van der Waals surface area (Å²) >= 11 is 0.962. The van der Waals surface area contributed by atoms with E-state index in [1.807, 2.05) is 0 Å². The van der Waals surface area contributed by atoms with E-state index >= 15 is 0 Å². The predicted molar refractivity (Wildman–Crippen MR) is 95.0 cm³/mol. The Morgan fingerprint density at radius 1 is 1.26 bits per heavy atom. The summed E-state index contributed by atoms with van der Waals surface area (Å²) in [5.74, 6) is -0.376. The van der Waals surface area contributed by atoms with Gasteiger partial charge in [-0.15, -0.1) is 11.8 Å². The fourth-order valence-corrected chi connectivity index (χ4v) is 3.06. The Morgan fingerprint density at radius 3 is 2.56 bits per heavy atom. The summed E-state index contributed by atoms with van der Waals surface area (Å²) < 4.78 is 43.4. The maximum Gasteiger partial charge on any atom is 0.416 e. The summed E-state index contributed by atoms with van der Waals surface area (Å²) in [5, 5.41) is 12.6. The van der Waals surface area contributed by atoms with Crippen molar-refractivity contribution in [3.05, 3.63) is 58.1 Å². The monoisotopic (exact) mass is 400 g/mol. The number of nitrogens with one attached hydrogen (secondary N) is 1. The van der Waals surface area contributed by atoms with Gasteiger partial charge < -0.3 is 10.1 Å². The fraction of sp³-hybridized carbons (Fsp3) is 0.235. The number of nitro benzene ring substituents is 1. The van der Waals surface area contributed by atoms with Gasteiger partial charge in [0.2, 0.25) is 5.91 Å². The van der Waals surface area contributed by atoms with Crippen LogP contribution in [0, 0.1) is 10.1 Å². The van der Waals surface area contributed by atoms with Crippen molar-refractivity contribution < 1.29 is 27.6 Å². The number of nitrogens with zero attached hydrogens (tertiary/aromatic N) is 1. The molecule has 0 aromatic heterocycles. The standard InChI is InChI=1S/C17H15F3N2O4S/c1-10(27-13-5-3-4-11(8-13)17(18,19)20)16(23)21-14-7-6-12(22(24)25)9-15(14)26-2/h3-10H,1-2H3,(H,21,23)/t10-/m1/s1. The van der Waals surface area contributed by atoms with Crippen LogP contribution in [0.4, 0.5) is 24.5 Å². The third-order valence-corrected chi connectivity index (χ3v) is 4.59. The Hall–Kier alpha value is -2.75. The average molecular weight is 400 g/mol. The molecule has 0 radical (unpaired) electrons. The molecule has 1 atom stereocenters. The Balaban J connectivity index is 2.11. The molecule has 10 heteroatoms. The number of rotatable bonds is 6. The van der Waals surface area contributed by atoms with Gasteiger partial charge >= 0.3 is 6.18 Å². The van der Waals surface area contributed by atoms with Crippen molar-refractivity contribution in [2.24, 2.45) is 0 Å². The van der Waals surface area contributed by atoms with Gasteiger partial charge in [-0.1, -0.05) is 6.07 Å². The zero-order valence-corrected chi connectivity index (χ0v) is 15.1. The molecule has 2 rings (SSSR count). The van der Waals surface area contributed by atoms with E-state index in [1.54, 1.807) is 0 Å². The number of nitro groups is 1. The second-order valence-corrected chi connectivity index (χ2v) is 6.83. The number of carbonyl (C=O) groups excluding carboxylic acids is 1. The molecule has 2 aromatic rings. The third-order valence-electron chi connectivity index (χ3n) is 3.50. The molecular formula is C17H15F3N2O4S. The number of hydrogen-bond acceptors (Lipinski definition) is 5. The molecule has 0 aliphatic carbocycles. The molecule has 0 bridgehead atoms. The first-order chi connectivity index (χ1) is 12.6. The number of hydrogen-bond donors (Lipinski definition) is 1. The number of methoxy groups -OCH3 is 1. The van der Waals surface area contributed by atoms with Crippen LogP contribution in [0.5, 0.6) is 5.75 Å². The molecule has 0 saturated heterocycles. The van der Waals surface area contributed by atoms with Crippen molar-refractivity contribution in [2.45, 2.75) is 23.2 Å². The maximum atomic E-state index is 12.8. The van der Waals surface area contributed by atoms with Crippen molar-refractivity contribution in [2.75, 3.05) is 12.4 Å². The van der Waals surface area contributed by atoms with E-state index in [0.29, 0.717) is 4.90 Å². The number of thioether (sulfide) groups is 1. The van der Waals surface area contributed by atoms with Gasteiger partial charge in [0.25, 0.3) is 5.69 Å². The summed E-state index contributed by atoms with van der Waals surface area (Å²) in [6.45, 7) is 1.54. The molecule has 1 amide bonds. The van der Waals surface area contributed by atoms with E-state index < -0.39 is 27.8 Å². The molecule has 0 aliphatic rings. The Labute approximate surface area is 156 Å². The highest BCUT2D eigenvalue weighted by atomic mass is 32.2. The smallest absolute Gasteiger partial charge is 0.416 e. The highest BCUT2D eigenvalue weighted by molar-refractivity contribution is 8.00. The van der Waals surface area contributed by atoms with Crippen LogP contribution in [-0.2, 0) is 11.0 Å². The average Bonchev–Trinajstić information content (AvgIpc) is 2.61. The van der Waals surface area contributed by atoms with Crippen molar-refractivity contribution >= 4 is 29.0 Å². The minimum Gasteiger partial charge on any atom is -0.494 e. The zero-order chi connectivity index (χ0) is 20.2. The highest BCUT2D eigenvalue weighted by Crippen LogP contribution is 2.34. The summed E-state index contributed by atoms with van der Waals surface area (Å²) in [5.41, 5.74) is -0.766. The fourth-order valence-electron chi connectivity index (χ4n) is 2.13. The topological polar surface area (TPSA) is 81.5 Å². The maximum absolute atomic E-state index is 12.8. The lowest BCUT2D eigenvalue weighted by Crippen LogP contribution is -2.22. The van der Waals surface area contributed by atoms with E-state index in [9.17, 15) is 28.1 Å². The van der Waals surface area contributed by atoms with Crippen LogP contribution in [0.2, 0.25) is 0 Å². The zero-order valence-electron chi connectivity index (χ0n) is 14.2. The van der Waals surface area contributed by atoms with Gasteiger partial charge in [0.1, 0.15) is 5.75 Å². The molecule has 0 unspecified atom stereocenters. The van der Waals surface area contributed by atoms with Gasteiger partial charge in [-0.25, -0.2) is 0 Å². The Kier molecular flexibility index (Phi) is 6.32. The lowest BCUT2D eigenvalue weighted by molar-refractivity contribution is -0.384. The number of alkyl halides is 3. The summed E-state index contributed by atoms with van der Waals surface area (Å²) in [4.78, 5) is 22.8. The van der Waals surface area contributed by atoms with E-state index in [0.717, 1.165) is 23.9 Å². The lowest BCUT2D eigenvalue weighted by Gasteiger charge is -2.15. The second kappa shape index (κ2) is 8.30. The molecule has 0 heterocycles. The van der Waals surface area contributed by atoms with Gasteiger partial charge in [-0.05, 0) is 31.2 Å².